The Morgan fingerprint density at radius 1 is 1.18 bits per heavy atom. The number of oxime groups is 1. The third kappa shape index (κ3) is 7.38. The first-order chi connectivity index (χ1) is 15.3. The second-order valence-electron chi connectivity index (χ2n) is 8.33. The number of nitrogens with two attached hydrogens (primary N) is 1. The van der Waals surface area contributed by atoms with Gasteiger partial charge in [0.15, 0.2) is 0 Å². The van der Waals surface area contributed by atoms with Crippen LogP contribution in [0.15, 0.2) is 53.7 Å². The Balaban J connectivity index is 1.54. The molecule has 0 unspecified atom stereocenters. The summed E-state index contributed by atoms with van der Waals surface area (Å²) in [4.78, 5) is 23.1. The quantitative estimate of drug-likeness (QED) is 0.283. The van der Waals surface area contributed by atoms with Gasteiger partial charge in [-0.15, -0.1) is 0 Å². The summed E-state index contributed by atoms with van der Waals surface area (Å²) in [5.74, 6) is 0.151. The molecule has 3 rings (SSSR count). The van der Waals surface area contributed by atoms with Crippen molar-refractivity contribution in [1.29, 1.82) is 0 Å². The van der Waals surface area contributed by atoms with Crippen LogP contribution in [0.2, 0.25) is 0 Å². The van der Waals surface area contributed by atoms with Crippen molar-refractivity contribution in [2.45, 2.75) is 50.4 Å². The third-order valence-corrected chi connectivity index (χ3v) is 6.14. The molecule has 0 saturated heterocycles. The van der Waals surface area contributed by atoms with E-state index in [1.54, 1.807) is 6.92 Å². The standard InChI is InChI=1S/C22H26F3N2O5P/c1-15(27-31-13-16-2-8-20(9-3-16)22(23,24)25)17-4-6-18(7-5-17)19-10-11-21(26,12-19)14-32-33(28,29)30/h2-9,19H,10-14,26H2,1H3,(H2,28,29,30)/t19-,21-/m1/s1. The van der Waals surface area contributed by atoms with Gasteiger partial charge in [0, 0.05) is 5.54 Å². The molecule has 11 heteroatoms. The monoisotopic (exact) mass is 486 g/mol. The van der Waals surface area contributed by atoms with Crippen LogP contribution in [-0.2, 0) is 26.7 Å². The van der Waals surface area contributed by atoms with Gasteiger partial charge in [-0.25, -0.2) is 4.57 Å². The lowest BCUT2D eigenvalue weighted by Gasteiger charge is -2.24. The highest BCUT2D eigenvalue weighted by Gasteiger charge is 2.38. The summed E-state index contributed by atoms with van der Waals surface area (Å²) < 4.78 is 53.4. The van der Waals surface area contributed by atoms with Crippen molar-refractivity contribution in [3.63, 3.8) is 0 Å². The number of phosphoric ester groups is 1. The Bertz CT molecular complexity index is 1020. The number of rotatable bonds is 8. The number of hydrogen-bond donors (Lipinski definition) is 3. The zero-order chi connectivity index (χ0) is 24.3. The minimum absolute atomic E-state index is 0.0465. The smallest absolute Gasteiger partial charge is 0.391 e. The Morgan fingerprint density at radius 2 is 1.82 bits per heavy atom. The van der Waals surface area contributed by atoms with E-state index in [9.17, 15) is 17.7 Å². The van der Waals surface area contributed by atoms with Crippen molar-refractivity contribution < 1.29 is 36.9 Å². The maximum Gasteiger partial charge on any atom is 0.469 e. The molecular weight excluding hydrogens is 460 g/mol. The number of hydrogen-bond acceptors (Lipinski definition) is 5. The molecule has 1 saturated carbocycles. The molecular formula is C22H26F3N2O5P. The first-order valence-electron chi connectivity index (χ1n) is 10.3. The number of benzene rings is 2. The molecule has 1 aliphatic carbocycles. The first kappa shape index (κ1) is 25.4. The normalized spacial score (nSPS) is 21.9. The van der Waals surface area contributed by atoms with E-state index in [0.717, 1.165) is 29.7 Å². The van der Waals surface area contributed by atoms with Gasteiger partial charge in [0.1, 0.15) is 6.61 Å². The fourth-order valence-corrected chi connectivity index (χ4v) is 4.25. The van der Waals surface area contributed by atoms with Crippen molar-refractivity contribution in [2.75, 3.05) is 6.61 Å². The summed E-state index contributed by atoms with van der Waals surface area (Å²) in [6.45, 7) is 1.61. The second-order valence-corrected chi connectivity index (χ2v) is 9.57. The van der Waals surface area contributed by atoms with Gasteiger partial charge >= 0.3 is 14.0 Å². The summed E-state index contributed by atoms with van der Waals surface area (Å²) in [5, 5.41) is 4.04. The summed E-state index contributed by atoms with van der Waals surface area (Å²) >= 11 is 0. The van der Waals surface area contributed by atoms with E-state index in [1.165, 1.54) is 12.1 Å². The fourth-order valence-electron chi connectivity index (χ4n) is 3.83. The van der Waals surface area contributed by atoms with E-state index < -0.39 is 25.1 Å². The average molecular weight is 486 g/mol. The van der Waals surface area contributed by atoms with E-state index in [0.29, 0.717) is 24.1 Å². The van der Waals surface area contributed by atoms with Crippen LogP contribution in [0.3, 0.4) is 0 Å². The minimum Gasteiger partial charge on any atom is -0.391 e. The molecule has 2 aromatic rings. The van der Waals surface area contributed by atoms with Crippen LogP contribution in [0.25, 0.3) is 0 Å². The number of alkyl halides is 3. The highest BCUT2D eigenvalue weighted by atomic mass is 31.2. The predicted molar refractivity (Wildman–Crippen MR) is 116 cm³/mol. The number of nitrogens with zero attached hydrogens (tertiary/aromatic N) is 1. The van der Waals surface area contributed by atoms with Gasteiger partial charge in [0.25, 0.3) is 0 Å². The average Bonchev–Trinajstić information content (AvgIpc) is 3.14. The van der Waals surface area contributed by atoms with Crippen LogP contribution in [0.1, 0.15) is 54.4 Å². The Hall–Kier alpha value is -2.23. The summed E-state index contributed by atoms with van der Waals surface area (Å²) in [6, 6.07) is 12.4. The largest absolute Gasteiger partial charge is 0.469 e. The topological polar surface area (TPSA) is 114 Å². The molecule has 0 aromatic heterocycles. The van der Waals surface area contributed by atoms with E-state index in [1.807, 2.05) is 24.3 Å². The lowest BCUT2D eigenvalue weighted by Crippen LogP contribution is -2.41. The molecule has 1 aliphatic rings. The number of halogens is 3. The van der Waals surface area contributed by atoms with Crippen LogP contribution in [0.4, 0.5) is 13.2 Å². The molecule has 0 bridgehead atoms. The van der Waals surface area contributed by atoms with Gasteiger partial charge in [-0.2, -0.15) is 13.2 Å². The molecule has 0 amide bonds. The molecule has 0 radical (unpaired) electrons. The zero-order valence-corrected chi connectivity index (χ0v) is 18.9. The van der Waals surface area contributed by atoms with Crippen LogP contribution in [0.5, 0.6) is 0 Å². The molecule has 33 heavy (non-hydrogen) atoms. The second kappa shape index (κ2) is 9.95. The molecule has 1 fully saturated rings. The van der Waals surface area contributed by atoms with Gasteiger partial charge < -0.3 is 20.4 Å². The van der Waals surface area contributed by atoms with Gasteiger partial charge in [-0.3, -0.25) is 4.52 Å². The molecule has 4 N–H and O–H groups in total. The molecule has 2 aromatic carbocycles. The summed E-state index contributed by atoms with van der Waals surface area (Å²) in [7, 11) is -4.56. The van der Waals surface area contributed by atoms with Crippen molar-refractivity contribution in [3.05, 3.63) is 70.8 Å². The molecule has 0 spiro atoms. The highest BCUT2D eigenvalue weighted by Crippen LogP contribution is 2.43. The fraction of sp³-hybridized carbons (Fsp3) is 0.409. The zero-order valence-electron chi connectivity index (χ0n) is 18.0. The van der Waals surface area contributed by atoms with Crippen LogP contribution in [0, 0.1) is 0 Å². The van der Waals surface area contributed by atoms with Crippen LogP contribution >= 0.6 is 7.82 Å². The molecule has 0 aliphatic heterocycles. The molecule has 0 heterocycles. The predicted octanol–water partition coefficient (Wildman–Crippen LogP) is 4.72. The van der Waals surface area contributed by atoms with Gasteiger partial charge in [-0.05, 0) is 60.9 Å². The van der Waals surface area contributed by atoms with E-state index >= 15 is 0 Å². The lowest BCUT2D eigenvalue weighted by molar-refractivity contribution is -0.137. The third-order valence-electron chi connectivity index (χ3n) is 5.68. The van der Waals surface area contributed by atoms with E-state index in [2.05, 4.69) is 9.68 Å². The highest BCUT2D eigenvalue weighted by molar-refractivity contribution is 7.46. The Morgan fingerprint density at radius 3 is 2.39 bits per heavy atom. The molecule has 7 nitrogen and oxygen atoms in total. The molecule has 180 valence electrons. The van der Waals surface area contributed by atoms with Crippen molar-refractivity contribution >= 4 is 13.5 Å². The van der Waals surface area contributed by atoms with Gasteiger partial charge in [-0.1, -0.05) is 41.6 Å². The summed E-state index contributed by atoms with van der Waals surface area (Å²) in [6.07, 6.45) is -2.45. The maximum absolute atomic E-state index is 12.6. The number of phosphoric acid groups is 1. The van der Waals surface area contributed by atoms with Crippen LogP contribution < -0.4 is 5.73 Å². The maximum atomic E-state index is 12.6. The van der Waals surface area contributed by atoms with Gasteiger partial charge in [0.05, 0.1) is 17.9 Å². The minimum atomic E-state index is -4.56. The van der Waals surface area contributed by atoms with Gasteiger partial charge in [0.2, 0.25) is 0 Å². The Kier molecular flexibility index (Phi) is 7.65. The van der Waals surface area contributed by atoms with Crippen molar-refractivity contribution in [3.8, 4) is 0 Å². The SMILES string of the molecule is CC(=NOCc1ccc(C(F)(F)F)cc1)c1ccc([C@@H]2CC[C@](N)(COP(=O)(O)O)C2)cc1. The van der Waals surface area contributed by atoms with Crippen molar-refractivity contribution in [2.24, 2.45) is 10.9 Å². The molecule has 2 atom stereocenters. The first-order valence-corrected chi connectivity index (χ1v) is 11.8. The van der Waals surface area contributed by atoms with Crippen molar-refractivity contribution in [1.82, 2.24) is 0 Å². The van der Waals surface area contributed by atoms with E-state index in [-0.39, 0.29) is 19.1 Å². The summed E-state index contributed by atoms with van der Waals surface area (Å²) in [5.41, 5.74) is 7.82. The van der Waals surface area contributed by atoms with Crippen LogP contribution in [-0.4, -0.2) is 27.6 Å². The van der Waals surface area contributed by atoms with E-state index in [4.69, 9.17) is 20.4 Å². The lowest BCUT2D eigenvalue weighted by atomic mass is 9.93. The Labute approximate surface area is 189 Å².